The third kappa shape index (κ3) is 4.91. The molecule has 30 heavy (non-hydrogen) atoms. The van der Waals surface area contributed by atoms with Crippen LogP contribution in [-0.4, -0.2) is 20.9 Å². The number of rotatable bonds is 7. The number of halogens is 1. The Labute approximate surface area is 185 Å². The number of anilines is 1. The highest BCUT2D eigenvalue weighted by Crippen LogP contribution is 2.26. The van der Waals surface area contributed by atoms with Crippen LogP contribution in [0.25, 0.3) is 0 Å². The fourth-order valence-electron chi connectivity index (χ4n) is 2.96. The highest BCUT2D eigenvalue weighted by Gasteiger charge is 2.31. The lowest BCUT2D eigenvalue weighted by Gasteiger charge is -2.23. The van der Waals surface area contributed by atoms with Crippen LogP contribution in [0.5, 0.6) is 5.75 Å². The molecule has 7 heteroatoms. The van der Waals surface area contributed by atoms with Gasteiger partial charge in [-0.2, -0.15) is 4.31 Å². The molecule has 0 unspecified atom stereocenters. The van der Waals surface area contributed by atoms with Gasteiger partial charge in [0.1, 0.15) is 5.75 Å². The second-order valence-electron chi connectivity index (χ2n) is 6.71. The molecule has 0 atom stereocenters. The summed E-state index contributed by atoms with van der Waals surface area (Å²) in [5.41, 5.74) is 2.15. The van der Waals surface area contributed by atoms with Crippen LogP contribution in [0.4, 0.5) is 5.69 Å². The standard InChI is InChI=1S/C23H22BrNO4S/c1-3-18-15-19(24)11-14-22(18)29-16-23(26)25(20-12-9-17(2)10-13-20)30(27,28)21-7-5-4-6-8-21/h4-15H,3,16H2,1-2H3. The predicted molar refractivity (Wildman–Crippen MR) is 121 cm³/mol. The van der Waals surface area contributed by atoms with Crippen molar-refractivity contribution in [3.8, 4) is 5.75 Å². The first-order chi connectivity index (χ1) is 14.3. The van der Waals surface area contributed by atoms with Crippen molar-refractivity contribution in [2.75, 3.05) is 10.9 Å². The number of benzene rings is 3. The molecule has 3 aromatic rings. The molecule has 1 amide bonds. The SMILES string of the molecule is CCc1cc(Br)ccc1OCC(=O)N(c1ccc(C)cc1)S(=O)(=O)c1ccccc1. The monoisotopic (exact) mass is 487 g/mol. The maximum atomic E-state index is 13.3. The van der Waals surface area contributed by atoms with E-state index in [4.69, 9.17) is 4.74 Å². The number of amides is 1. The van der Waals surface area contributed by atoms with Crippen molar-refractivity contribution in [3.05, 3.63) is 88.4 Å². The topological polar surface area (TPSA) is 63.7 Å². The number of aryl methyl sites for hydroxylation is 2. The third-order valence-electron chi connectivity index (χ3n) is 4.53. The number of sulfonamides is 1. The molecule has 0 aromatic heterocycles. The van der Waals surface area contributed by atoms with E-state index >= 15 is 0 Å². The molecule has 0 radical (unpaired) electrons. The van der Waals surface area contributed by atoms with Crippen molar-refractivity contribution in [1.82, 2.24) is 0 Å². The van der Waals surface area contributed by atoms with Crippen molar-refractivity contribution in [2.45, 2.75) is 25.2 Å². The Balaban J connectivity index is 1.94. The zero-order chi connectivity index (χ0) is 21.7. The quantitative estimate of drug-likeness (QED) is 0.463. The maximum Gasteiger partial charge on any atom is 0.278 e. The summed E-state index contributed by atoms with van der Waals surface area (Å²) in [7, 11) is -4.10. The van der Waals surface area contributed by atoms with Gasteiger partial charge in [0.15, 0.2) is 6.61 Å². The van der Waals surface area contributed by atoms with Gasteiger partial charge >= 0.3 is 0 Å². The molecular weight excluding hydrogens is 466 g/mol. The Kier molecular flexibility index (Phi) is 6.95. The van der Waals surface area contributed by atoms with Crippen molar-refractivity contribution in [3.63, 3.8) is 0 Å². The van der Waals surface area contributed by atoms with Crippen molar-refractivity contribution in [1.29, 1.82) is 0 Å². The van der Waals surface area contributed by atoms with Crippen LogP contribution in [0.15, 0.2) is 82.2 Å². The largest absolute Gasteiger partial charge is 0.483 e. The summed E-state index contributed by atoms with van der Waals surface area (Å²) in [4.78, 5) is 13.1. The number of ether oxygens (including phenoxy) is 1. The van der Waals surface area contributed by atoms with Gasteiger partial charge in [-0.3, -0.25) is 4.79 Å². The number of hydrogen-bond donors (Lipinski definition) is 0. The summed E-state index contributed by atoms with van der Waals surface area (Å²) in [6.07, 6.45) is 0.715. The van der Waals surface area contributed by atoms with Crippen molar-refractivity contribution >= 4 is 37.5 Å². The van der Waals surface area contributed by atoms with Crippen molar-refractivity contribution < 1.29 is 17.9 Å². The Morgan fingerprint density at radius 3 is 2.30 bits per heavy atom. The lowest BCUT2D eigenvalue weighted by Crippen LogP contribution is -2.40. The summed E-state index contributed by atoms with van der Waals surface area (Å²) in [6, 6.07) is 20.2. The molecule has 0 aliphatic carbocycles. The summed E-state index contributed by atoms with van der Waals surface area (Å²) in [5, 5.41) is 0. The molecule has 5 nitrogen and oxygen atoms in total. The molecule has 0 saturated carbocycles. The Hall–Kier alpha value is -2.64. The average molecular weight is 488 g/mol. The maximum absolute atomic E-state index is 13.3. The zero-order valence-corrected chi connectivity index (χ0v) is 19.1. The molecule has 0 saturated heterocycles. The second-order valence-corrected chi connectivity index (χ2v) is 9.41. The van der Waals surface area contributed by atoms with Crippen LogP contribution in [-0.2, 0) is 21.2 Å². The first-order valence-electron chi connectivity index (χ1n) is 9.44. The molecule has 0 aliphatic heterocycles. The number of carbonyl (C=O) groups excluding carboxylic acids is 1. The van der Waals surface area contributed by atoms with Gasteiger partial charge in [0, 0.05) is 4.47 Å². The van der Waals surface area contributed by atoms with E-state index < -0.39 is 22.5 Å². The van der Waals surface area contributed by atoms with E-state index in [9.17, 15) is 13.2 Å². The molecule has 0 aliphatic rings. The van der Waals surface area contributed by atoms with Gasteiger partial charge < -0.3 is 4.74 Å². The minimum absolute atomic E-state index is 0.0387. The highest BCUT2D eigenvalue weighted by molar-refractivity contribution is 9.10. The Bertz CT molecular complexity index is 1130. The fourth-order valence-corrected chi connectivity index (χ4v) is 4.80. The van der Waals surface area contributed by atoms with Crippen LogP contribution < -0.4 is 9.04 Å². The molecule has 0 fully saturated rings. The fraction of sp³-hybridized carbons (Fsp3) is 0.174. The lowest BCUT2D eigenvalue weighted by atomic mass is 10.1. The Morgan fingerprint density at radius 1 is 1.00 bits per heavy atom. The van der Waals surface area contributed by atoms with E-state index in [1.54, 1.807) is 48.5 Å². The number of carbonyl (C=O) groups is 1. The number of hydrogen-bond acceptors (Lipinski definition) is 4. The minimum Gasteiger partial charge on any atom is -0.483 e. The lowest BCUT2D eigenvalue weighted by molar-refractivity contribution is -0.119. The van der Waals surface area contributed by atoms with E-state index in [1.807, 2.05) is 26.0 Å². The normalized spacial score (nSPS) is 11.2. The molecule has 0 spiro atoms. The van der Waals surface area contributed by atoms with Crippen LogP contribution in [0.2, 0.25) is 0 Å². The summed E-state index contributed by atoms with van der Waals surface area (Å²) >= 11 is 3.42. The van der Waals surface area contributed by atoms with Gasteiger partial charge in [-0.05, 0) is 61.4 Å². The van der Waals surface area contributed by atoms with E-state index in [0.717, 1.165) is 19.9 Å². The third-order valence-corrected chi connectivity index (χ3v) is 6.79. The van der Waals surface area contributed by atoms with Gasteiger partial charge in [-0.1, -0.05) is 58.7 Å². The molecule has 0 bridgehead atoms. The highest BCUT2D eigenvalue weighted by atomic mass is 79.9. The van der Waals surface area contributed by atoms with Gasteiger partial charge in [0.05, 0.1) is 10.6 Å². The predicted octanol–water partition coefficient (Wildman–Crippen LogP) is 5.12. The van der Waals surface area contributed by atoms with Gasteiger partial charge in [-0.25, -0.2) is 8.42 Å². The molecular formula is C23H22BrNO4S. The molecule has 0 N–H and O–H groups in total. The summed E-state index contributed by atoms with van der Waals surface area (Å²) < 4.78 is 34.0. The molecule has 156 valence electrons. The molecule has 3 aromatic carbocycles. The van der Waals surface area contributed by atoms with Gasteiger partial charge in [0.2, 0.25) is 0 Å². The van der Waals surface area contributed by atoms with Crippen LogP contribution >= 0.6 is 15.9 Å². The smallest absolute Gasteiger partial charge is 0.278 e. The van der Waals surface area contributed by atoms with E-state index in [2.05, 4.69) is 15.9 Å². The van der Waals surface area contributed by atoms with E-state index in [-0.39, 0.29) is 10.6 Å². The molecule has 0 heterocycles. The Morgan fingerprint density at radius 2 is 1.67 bits per heavy atom. The van der Waals surface area contributed by atoms with Gasteiger partial charge in [0.25, 0.3) is 15.9 Å². The second kappa shape index (κ2) is 9.45. The first-order valence-corrected chi connectivity index (χ1v) is 11.7. The van der Waals surface area contributed by atoms with Crippen LogP contribution in [0, 0.1) is 6.92 Å². The summed E-state index contributed by atoms with van der Waals surface area (Å²) in [5.74, 6) is -0.123. The zero-order valence-electron chi connectivity index (χ0n) is 16.7. The van der Waals surface area contributed by atoms with E-state index in [1.165, 1.54) is 12.1 Å². The van der Waals surface area contributed by atoms with Crippen LogP contribution in [0.1, 0.15) is 18.1 Å². The number of nitrogens with zero attached hydrogens (tertiary/aromatic N) is 1. The first kappa shape index (κ1) is 22.1. The van der Waals surface area contributed by atoms with Gasteiger partial charge in [-0.15, -0.1) is 0 Å². The van der Waals surface area contributed by atoms with Crippen LogP contribution in [0.3, 0.4) is 0 Å². The summed E-state index contributed by atoms with van der Waals surface area (Å²) in [6.45, 7) is 3.47. The van der Waals surface area contributed by atoms with E-state index in [0.29, 0.717) is 12.2 Å². The average Bonchev–Trinajstić information content (AvgIpc) is 2.74. The van der Waals surface area contributed by atoms with Crippen molar-refractivity contribution in [2.24, 2.45) is 0 Å². The minimum atomic E-state index is -4.10. The molecule has 3 rings (SSSR count).